The van der Waals surface area contributed by atoms with E-state index >= 15 is 0 Å². The molecule has 1 saturated heterocycles. The van der Waals surface area contributed by atoms with Crippen LogP contribution in [0.3, 0.4) is 0 Å². The number of hydrogen-bond acceptors (Lipinski definition) is 3. The van der Waals surface area contributed by atoms with E-state index in [1.165, 1.54) is 19.3 Å². The lowest BCUT2D eigenvalue weighted by atomic mass is 10.1. The summed E-state index contributed by atoms with van der Waals surface area (Å²) in [5, 5.41) is 10.6. The van der Waals surface area contributed by atoms with E-state index in [0.29, 0.717) is 5.96 Å². The molecule has 1 fully saturated rings. The van der Waals surface area contributed by atoms with Crippen molar-refractivity contribution in [2.75, 3.05) is 27.2 Å². The molecule has 82 valence electrons. The molecule has 1 heterocycles. The Hall–Kier alpha value is -0.810. The lowest BCUT2D eigenvalue weighted by molar-refractivity contribution is 0.153. The summed E-state index contributed by atoms with van der Waals surface area (Å²) in [7, 11) is 3.66. The smallest absolute Gasteiger partial charge is 0.192 e. The Kier molecular flexibility index (Phi) is 4.16. The van der Waals surface area contributed by atoms with E-state index in [1.54, 1.807) is 4.90 Å². The van der Waals surface area contributed by atoms with Crippen LogP contribution in [0, 0.1) is 5.41 Å². The van der Waals surface area contributed by atoms with Crippen molar-refractivity contribution < 1.29 is 0 Å². The highest BCUT2D eigenvalue weighted by Crippen LogP contribution is 2.08. The van der Waals surface area contributed by atoms with E-state index in [9.17, 15) is 0 Å². The number of hydrogen-bond donors (Lipinski definition) is 3. The fourth-order valence-electron chi connectivity index (χ4n) is 1.56. The van der Waals surface area contributed by atoms with E-state index in [1.807, 2.05) is 14.1 Å². The first-order valence-electron chi connectivity index (χ1n) is 5.13. The average Bonchev–Trinajstić information content (AvgIpc) is 2.19. The first-order chi connectivity index (χ1) is 6.61. The van der Waals surface area contributed by atoms with Gasteiger partial charge in [-0.15, -0.1) is 0 Å². The van der Waals surface area contributed by atoms with Crippen molar-refractivity contribution in [3.63, 3.8) is 0 Å². The molecule has 1 aliphatic heterocycles. The van der Waals surface area contributed by atoms with Gasteiger partial charge in [0.15, 0.2) is 5.96 Å². The Balaban J connectivity index is 2.32. The molecule has 0 aromatic carbocycles. The van der Waals surface area contributed by atoms with Crippen LogP contribution in [0.1, 0.15) is 19.3 Å². The number of likely N-dealkylation sites (tertiary alicyclic amines) is 1. The quantitative estimate of drug-likeness (QED) is 0.327. The lowest BCUT2D eigenvalue weighted by Gasteiger charge is -2.33. The topological polar surface area (TPSA) is 68.4 Å². The van der Waals surface area contributed by atoms with Crippen molar-refractivity contribution in [3.05, 3.63) is 0 Å². The molecule has 0 bridgehead atoms. The summed E-state index contributed by atoms with van der Waals surface area (Å²) >= 11 is 0. The largest absolute Gasteiger partial charge is 0.349 e. The molecule has 0 spiro atoms. The highest BCUT2D eigenvalue weighted by atomic mass is 15.4. The minimum atomic E-state index is -0.217. The van der Waals surface area contributed by atoms with Crippen LogP contribution in [0.4, 0.5) is 0 Å². The van der Waals surface area contributed by atoms with Crippen molar-refractivity contribution in [1.82, 2.24) is 15.1 Å². The van der Waals surface area contributed by atoms with Gasteiger partial charge in [-0.3, -0.25) is 16.0 Å². The summed E-state index contributed by atoms with van der Waals surface area (Å²) in [6.45, 7) is 2.07. The van der Waals surface area contributed by atoms with Gasteiger partial charge in [-0.1, -0.05) is 6.42 Å². The molecule has 1 aliphatic rings. The predicted octanol–water partition coefficient (Wildman–Crippen LogP) is -0.199. The monoisotopic (exact) mass is 199 g/mol. The maximum atomic E-state index is 7.60. The maximum Gasteiger partial charge on any atom is 0.192 e. The van der Waals surface area contributed by atoms with Gasteiger partial charge in [-0.05, 0) is 12.8 Å². The van der Waals surface area contributed by atoms with Gasteiger partial charge >= 0.3 is 0 Å². The molecular formula is C9H21N5. The number of nitrogens with two attached hydrogens (primary N) is 1. The molecular weight excluding hydrogens is 178 g/mol. The van der Waals surface area contributed by atoms with Crippen LogP contribution in [0.25, 0.3) is 0 Å². The molecule has 5 heteroatoms. The Morgan fingerprint density at radius 2 is 1.93 bits per heavy atom. The first kappa shape index (κ1) is 11.3. The molecule has 14 heavy (non-hydrogen) atoms. The number of nitrogens with zero attached hydrogens (tertiary/aromatic N) is 2. The molecule has 1 rings (SSSR count). The summed E-state index contributed by atoms with van der Waals surface area (Å²) in [5.74, 6) is 0.364. The molecule has 0 aromatic rings. The van der Waals surface area contributed by atoms with Crippen molar-refractivity contribution in [3.8, 4) is 0 Å². The van der Waals surface area contributed by atoms with Gasteiger partial charge < -0.3 is 10.2 Å². The maximum absolute atomic E-state index is 7.60. The molecule has 0 radical (unpaired) electrons. The standard InChI is InChI=1S/C9H21N5/c1-13(2)8(10)12-9(11)14-6-4-3-5-7-14/h9H,3-7,11H2,1-2H3,(H2,10,12). The van der Waals surface area contributed by atoms with Crippen molar-refractivity contribution in [2.45, 2.75) is 25.6 Å². The van der Waals surface area contributed by atoms with Crippen LogP contribution in [0.5, 0.6) is 0 Å². The summed E-state index contributed by atoms with van der Waals surface area (Å²) in [6.07, 6.45) is 3.51. The molecule has 4 N–H and O–H groups in total. The van der Waals surface area contributed by atoms with E-state index in [-0.39, 0.29) is 6.29 Å². The molecule has 5 nitrogen and oxygen atoms in total. The molecule has 0 amide bonds. The minimum Gasteiger partial charge on any atom is -0.349 e. The summed E-state index contributed by atoms with van der Waals surface area (Å²) in [4.78, 5) is 3.89. The lowest BCUT2D eigenvalue weighted by Crippen LogP contribution is -2.57. The van der Waals surface area contributed by atoms with E-state index in [0.717, 1.165) is 13.1 Å². The van der Waals surface area contributed by atoms with Gasteiger partial charge in [0.1, 0.15) is 6.29 Å². The van der Waals surface area contributed by atoms with Gasteiger partial charge in [0.25, 0.3) is 0 Å². The average molecular weight is 199 g/mol. The number of guanidine groups is 1. The van der Waals surface area contributed by atoms with Crippen LogP contribution in [-0.2, 0) is 0 Å². The Bertz CT molecular complexity index is 186. The second kappa shape index (κ2) is 5.17. The fraction of sp³-hybridized carbons (Fsp3) is 0.889. The minimum absolute atomic E-state index is 0.217. The third kappa shape index (κ3) is 3.16. The highest BCUT2D eigenvalue weighted by Gasteiger charge is 2.17. The Morgan fingerprint density at radius 1 is 1.36 bits per heavy atom. The van der Waals surface area contributed by atoms with Crippen LogP contribution in [-0.4, -0.2) is 49.2 Å². The second-order valence-corrected chi connectivity index (χ2v) is 3.93. The summed E-state index contributed by atoms with van der Waals surface area (Å²) in [5.41, 5.74) is 5.93. The van der Waals surface area contributed by atoms with Gasteiger partial charge in [0, 0.05) is 27.2 Å². The Morgan fingerprint density at radius 3 is 2.43 bits per heavy atom. The first-order valence-corrected chi connectivity index (χ1v) is 5.13. The Labute approximate surface area is 85.7 Å². The third-order valence-electron chi connectivity index (χ3n) is 2.52. The third-order valence-corrected chi connectivity index (χ3v) is 2.52. The van der Waals surface area contributed by atoms with Crippen LogP contribution in [0.15, 0.2) is 0 Å². The highest BCUT2D eigenvalue weighted by molar-refractivity contribution is 5.76. The zero-order valence-corrected chi connectivity index (χ0v) is 9.08. The number of rotatable bonds is 2. The van der Waals surface area contributed by atoms with Crippen molar-refractivity contribution in [2.24, 2.45) is 5.73 Å². The van der Waals surface area contributed by atoms with E-state index in [2.05, 4.69) is 10.2 Å². The molecule has 0 aliphatic carbocycles. The second-order valence-electron chi connectivity index (χ2n) is 3.93. The van der Waals surface area contributed by atoms with Crippen LogP contribution < -0.4 is 11.1 Å². The van der Waals surface area contributed by atoms with E-state index < -0.39 is 0 Å². The van der Waals surface area contributed by atoms with Crippen LogP contribution in [0.2, 0.25) is 0 Å². The van der Waals surface area contributed by atoms with E-state index in [4.69, 9.17) is 11.1 Å². The molecule has 0 saturated carbocycles. The summed E-state index contributed by atoms with van der Waals surface area (Å²) < 4.78 is 0. The normalized spacial score (nSPS) is 20.2. The van der Waals surface area contributed by atoms with Crippen molar-refractivity contribution in [1.29, 1.82) is 5.41 Å². The number of piperidine rings is 1. The zero-order valence-electron chi connectivity index (χ0n) is 9.08. The van der Waals surface area contributed by atoms with Crippen molar-refractivity contribution >= 4 is 5.96 Å². The van der Waals surface area contributed by atoms with Gasteiger partial charge in [-0.2, -0.15) is 0 Å². The van der Waals surface area contributed by atoms with Gasteiger partial charge in [0.05, 0.1) is 0 Å². The predicted molar refractivity (Wildman–Crippen MR) is 57.9 cm³/mol. The zero-order chi connectivity index (χ0) is 10.6. The van der Waals surface area contributed by atoms with Gasteiger partial charge in [-0.25, -0.2) is 0 Å². The molecule has 1 unspecified atom stereocenters. The molecule has 0 aromatic heterocycles. The van der Waals surface area contributed by atoms with Crippen LogP contribution >= 0.6 is 0 Å². The van der Waals surface area contributed by atoms with Gasteiger partial charge in [0.2, 0.25) is 0 Å². The SMILES string of the molecule is CN(C)C(=N)NC(N)N1CCCCC1. The molecule has 1 atom stereocenters. The number of nitrogens with one attached hydrogen (secondary N) is 2. The fourth-order valence-corrected chi connectivity index (χ4v) is 1.56. The summed E-state index contributed by atoms with van der Waals surface area (Å²) in [6, 6.07) is 0.